The topological polar surface area (TPSA) is 55.5 Å². The zero-order chi connectivity index (χ0) is 11.4. The van der Waals surface area contributed by atoms with Gasteiger partial charge in [0.15, 0.2) is 0 Å². The Kier molecular flexibility index (Phi) is 4.45. The average Bonchev–Trinajstić information content (AvgIpc) is 2.27. The minimum atomic E-state index is -0.623. The molecule has 0 aliphatic carbocycles. The summed E-state index contributed by atoms with van der Waals surface area (Å²) >= 11 is 1.60. The fourth-order valence-corrected chi connectivity index (χ4v) is 2.19. The van der Waals surface area contributed by atoms with E-state index in [0.29, 0.717) is 0 Å². The molecule has 1 atom stereocenters. The molecule has 0 heterocycles. The van der Waals surface area contributed by atoms with Crippen LogP contribution in [0.2, 0.25) is 0 Å². The number of aliphatic hydroxyl groups is 1. The first-order chi connectivity index (χ1) is 7.13. The number of hydrogen-bond donors (Lipinski definition) is 2. The number of hydrogen-bond acceptors (Lipinski definition) is 4. The smallest absolute Gasteiger partial charge is 0.122 e. The third-order valence-corrected chi connectivity index (χ3v) is 3.12. The van der Waals surface area contributed by atoms with Crippen LogP contribution in [0.3, 0.4) is 0 Å². The van der Waals surface area contributed by atoms with E-state index in [0.717, 1.165) is 21.8 Å². The highest BCUT2D eigenvalue weighted by molar-refractivity contribution is 7.98. The van der Waals surface area contributed by atoms with Crippen molar-refractivity contribution in [1.82, 2.24) is 0 Å². The highest BCUT2D eigenvalue weighted by Gasteiger charge is 2.13. The van der Waals surface area contributed by atoms with E-state index in [2.05, 4.69) is 0 Å². The molecule has 0 aliphatic heterocycles. The number of thioether (sulfide) groups is 1. The lowest BCUT2D eigenvalue weighted by Gasteiger charge is -2.15. The van der Waals surface area contributed by atoms with Crippen LogP contribution in [0.15, 0.2) is 17.0 Å². The van der Waals surface area contributed by atoms with Crippen LogP contribution in [-0.4, -0.2) is 25.0 Å². The van der Waals surface area contributed by atoms with Crippen LogP contribution in [0.1, 0.15) is 17.2 Å². The number of methoxy groups -OCH3 is 1. The molecule has 0 aliphatic rings. The fraction of sp³-hybridized carbons (Fsp3) is 0.455. The van der Waals surface area contributed by atoms with E-state index in [1.165, 1.54) is 0 Å². The SMILES string of the molecule is COc1cc(C(O)CN)c(SC)cc1C. The second kappa shape index (κ2) is 5.39. The standard InChI is InChI=1S/C11H17NO2S/c1-7-4-11(15-3)8(9(13)6-12)5-10(7)14-2/h4-5,9,13H,6,12H2,1-3H3. The van der Waals surface area contributed by atoms with Crippen molar-refractivity contribution >= 4 is 11.8 Å². The number of aliphatic hydroxyl groups excluding tert-OH is 1. The van der Waals surface area contributed by atoms with Crippen molar-refractivity contribution in [1.29, 1.82) is 0 Å². The first-order valence-electron chi connectivity index (χ1n) is 4.74. The number of rotatable bonds is 4. The van der Waals surface area contributed by atoms with Crippen LogP contribution in [0, 0.1) is 6.92 Å². The molecule has 1 unspecified atom stereocenters. The Labute approximate surface area is 94.6 Å². The number of ether oxygens (including phenoxy) is 1. The molecule has 0 radical (unpaired) electrons. The second-order valence-electron chi connectivity index (χ2n) is 3.32. The zero-order valence-corrected chi connectivity index (χ0v) is 10.1. The van der Waals surface area contributed by atoms with E-state index in [4.69, 9.17) is 10.5 Å². The third-order valence-electron chi connectivity index (χ3n) is 2.33. The van der Waals surface area contributed by atoms with Crippen molar-refractivity contribution in [2.75, 3.05) is 19.9 Å². The Hall–Kier alpha value is -0.710. The maximum absolute atomic E-state index is 9.76. The quantitative estimate of drug-likeness (QED) is 0.769. The van der Waals surface area contributed by atoms with Crippen molar-refractivity contribution < 1.29 is 9.84 Å². The van der Waals surface area contributed by atoms with E-state index in [1.54, 1.807) is 18.9 Å². The Morgan fingerprint density at radius 2 is 2.20 bits per heavy atom. The van der Waals surface area contributed by atoms with Gasteiger partial charge < -0.3 is 15.6 Å². The number of aryl methyl sites for hydroxylation is 1. The van der Waals surface area contributed by atoms with E-state index in [1.807, 2.05) is 25.3 Å². The molecule has 3 nitrogen and oxygen atoms in total. The van der Waals surface area contributed by atoms with Crippen molar-refractivity contribution in [3.8, 4) is 5.75 Å². The molecule has 4 heteroatoms. The van der Waals surface area contributed by atoms with Gasteiger partial charge in [-0.05, 0) is 36.4 Å². The molecule has 15 heavy (non-hydrogen) atoms. The zero-order valence-electron chi connectivity index (χ0n) is 9.28. The van der Waals surface area contributed by atoms with Gasteiger partial charge >= 0.3 is 0 Å². The van der Waals surface area contributed by atoms with Gasteiger partial charge in [0.05, 0.1) is 13.2 Å². The van der Waals surface area contributed by atoms with Gasteiger partial charge in [0.25, 0.3) is 0 Å². The van der Waals surface area contributed by atoms with Crippen LogP contribution in [0.4, 0.5) is 0 Å². The van der Waals surface area contributed by atoms with Crippen LogP contribution < -0.4 is 10.5 Å². The Morgan fingerprint density at radius 3 is 2.67 bits per heavy atom. The van der Waals surface area contributed by atoms with Crippen molar-refractivity contribution in [3.63, 3.8) is 0 Å². The molecule has 0 bridgehead atoms. The molecule has 0 aromatic heterocycles. The van der Waals surface area contributed by atoms with Crippen molar-refractivity contribution in [2.24, 2.45) is 5.73 Å². The van der Waals surface area contributed by atoms with Gasteiger partial charge in [-0.15, -0.1) is 11.8 Å². The second-order valence-corrected chi connectivity index (χ2v) is 4.16. The summed E-state index contributed by atoms with van der Waals surface area (Å²) in [5.74, 6) is 0.787. The molecule has 1 aromatic carbocycles. The normalized spacial score (nSPS) is 12.6. The summed E-state index contributed by atoms with van der Waals surface area (Å²) < 4.78 is 5.22. The summed E-state index contributed by atoms with van der Waals surface area (Å²) in [5, 5.41) is 9.76. The number of nitrogens with two attached hydrogens (primary N) is 1. The summed E-state index contributed by atoms with van der Waals surface area (Å²) in [4.78, 5) is 1.05. The minimum absolute atomic E-state index is 0.222. The summed E-state index contributed by atoms with van der Waals surface area (Å²) in [7, 11) is 1.62. The molecule has 0 saturated carbocycles. The van der Waals surface area contributed by atoms with Gasteiger partial charge in [-0.2, -0.15) is 0 Å². The lowest BCUT2D eigenvalue weighted by molar-refractivity contribution is 0.183. The number of benzene rings is 1. The summed E-state index contributed by atoms with van der Waals surface area (Å²) in [6.45, 7) is 2.21. The minimum Gasteiger partial charge on any atom is -0.496 e. The molecule has 0 fully saturated rings. The summed E-state index contributed by atoms with van der Waals surface area (Å²) in [6.07, 6.45) is 1.36. The monoisotopic (exact) mass is 227 g/mol. The predicted molar refractivity (Wildman–Crippen MR) is 63.5 cm³/mol. The van der Waals surface area contributed by atoms with Gasteiger partial charge in [0, 0.05) is 11.4 Å². The Morgan fingerprint density at radius 1 is 1.53 bits per heavy atom. The molecule has 0 spiro atoms. The Bertz CT molecular complexity index is 342. The van der Waals surface area contributed by atoms with Gasteiger partial charge in [-0.3, -0.25) is 0 Å². The molecular formula is C11H17NO2S. The molecular weight excluding hydrogens is 210 g/mol. The van der Waals surface area contributed by atoms with Crippen molar-refractivity contribution in [3.05, 3.63) is 23.3 Å². The predicted octanol–water partition coefficient (Wildman–Crippen LogP) is 1.72. The highest BCUT2D eigenvalue weighted by Crippen LogP contribution is 2.32. The van der Waals surface area contributed by atoms with Crippen LogP contribution in [-0.2, 0) is 0 Å². The molecule has 84 valence electrons. The van der Waals surface area contributed by atoms with Gasteiger partial charge in [-0.1, -0.05) is 0 Å². The first kappa shape index (κ1) is 12.4. The van der Waals surface area contributed by atoms with Gasteiger partial charge in [0.2, 0.25) is 0 Å². The van der Waals surface area contributed by atoms with Gasteiger partial charge in [-0.25, -0.2) is 0 Å². The average molecular weight is 227 g/mol. The van der Waals surface area contributed by atoms with Crippen LogP contribution >= 0.6 is 11.8 Å². The third kappa shape index (κ3) is 2.65. The summed E-state index contributed by atoms with van der Waals surface area (Å²) in [5.41, 5.74) is 7.36. The Balaban J connectivity index is 3.22. The lowest BCUT2D eigenvalue weighted by atomic mass is 10.1. The van der Waals surface area contributed by atoms with Crippen molar-refractivity contribution in [2.45, 2.75) is 17.9 Å². The molecule has 1 aromatic rings. The van der Waals surface area contributed by atoms with E-state index >= 15 is 0 Å². The maximum Gasteiger partial charge on any atom is 0.122 e. The van der Waals surface area contributed by atoms with E-state index in [-0.39, 0.29) is 6.54 Å². The fourth-order valence-electron chi connectivity index (χ4n) is 1.46. The summed E-state index contributed by atoms with van der Waals surface area (Å²) in [6, 6.07) is 3.87. The molecule has 3 N–H and O–H groups in total. The molecule has 1 rings (SSSR count). The maximum atomic E-state index is 9.76. The lowest BCUT2D eigenvalue weighted by Crippen LogP contribution is -2.12. The highest BCUT2D eigenvalue weighted by atomic mass is 32.2. The first-order valence-corrected chi connectivity index (χ1v) is 5.97. The molecule has 0 amide bonds. The van der Waals surface area contributed by atoms with Crippen LogP contribution in [0.5, 0.6) is 5.75 Å². The van der Waals surface area contributed by atoms with E-state index in [9.17, 15) is 5.11 Å². The largest absolute Gasteiger partial charge is 0.496 e. The van der Waals surface area contributed by atoms with E-state index < -0.39 is 6.10 Å². The van der Waals surface area contributed by atoms with Gasteiger partial charge in [0.1, 0.15) is 5.75 Å². The molecule has 0 saturated heterocycles. The van der Waals surface area contributed by atoms with Crippen LogP contribution in [0.25, 0.3) is 0 Å².